The van der Waals surface area contributed by atoms with Crippen LogP contribution in [-0.2, 0) is 6.54 Å². The number of benzene rings is 1. The molecule has 1 amide bonds. The van der Waals surface area contributed by atoms with Gasteiger partial charge in [0.05, 0.1) is 15.9 Å². The van der Waals surface area contributed by atoms with Gasteiger partial charge in [-0.05, 0) is 22.2 Å². The number of nitro groups is 1. The molecule has 17 nitrogen and oxygen atoms in total. The van der Waals surface area contributed by atoms with Crippen LogP contribution in [0.3, 0.4) is 0 Å². The van der Waals surface area contributed by atoms with Gasteiger partial charge >= 0.3 is 5.95 Å². The number of carbonyl (C=O) groups excluding carboxylic acids is 1. The Hall–Kier alpha value is -5.09. The van der Waals surface area contributed by atoms with Crippen LogP contribution in [0.1, 0.15) is 17.4 Å². The Bertz CT molecular complexity index is 1310. The Morgan fingerprint density at radius 1 is 1.25 bits per heavy atom. The summed E-state index contributed by atoms with van der Waals surface area (Å²) in [4.78, 5) is 23.8. The fourth-order valence-electron chi connectivity index (χ4n) is 2.58. The third-order valence-corrected chi connectivity index (χ3v) is 3.95. The quantitative estimate of drug-likeness (QED) is 0.213. The van der Waals surface area contributed by atoms with Crippen LogP contribution in [0, 0.1) is 10.1 Å². The van der Waals surface area contributed by atoms with Gasteiger partial charge in [0.1, 0.15) is 12.2 Å². The molecule has 3 aromatic heterocycles. The van der Waals surface area contributed by atoms with Gasteiger partial charge in [-0.1, -0.05) is 40.3 Å². The largest absolute Gasteiger partial charge is 0.514 e. The number of hydrogen-bond donors (Lipinski definition) is 2. The van der Waals surface area contributed by atoms with E-state index in [0.717, 1.165) is 9.48 Å². The molecule has 0 fully saturated rings. The van der Waals surface area contributed by atoms with E-state index in [0.29, 0.717) is 11.3 Å². The Kier molecular flexibility index (Phi) is 5.26. The summed E-state index contributed by atoms with van der Waals surface area (Å²) in [5.41, 5.74) is 9.26. The highest BCUT2D eigenvalue weighted by atomic mass is 16.6. The fraction of sp³-hybridized carbons (Fsp3) is 0.133. The van der Waals surface area contributed by atoms with E-state index < -0.39 is 16.8 Å². The molecule has 0 spiro atoms. The SMILES string of the molecule is C/C(Cn1nnc([N+](=O)[O-])n1)=N/NC(=O)c1c(-c2ccccc2)nnn1-c1nonc1N. The molecule has 0 aliphatic carbocycles. The van der Waals surface area contributed by atoms with Crippen LogP contribution in [0.25, 0.3) is 17.1 Å². The number of anilines is 1. The zero-order chi connectivity index (χ0) is 22.7. The van der Waals surface area contributed by atoms with Crippen LogP contribution in [0.15, 0.2) is 40.1 Å². The Balaban J connectivity index is 1.62. The van der Waals surface area contributed by atoms with E-state index in [4.69, 9.17) is 5.73 Å². The van der Waals surface area contributed by atoms with Gasteiger partial charge in [-0.25, -0.2) is 10.1 Å². The first-order valence-electron chi connectivity index (χ1n) is 8.79. The second kappa shape index (κ2) is 8.34. The van der Waals surface area contributed by atoms with E-state index in [2.05, 4.69) is 51.2 Å². The monoisotopic (exact) mass is 439 g/mol. The van der Waals surface area contributed by atoms with Gasteiger partial charge in [0, 0.05) is 10.8 Å². The first-order chi connectivity index (χ1) is 15.4. The predicted molar refractivity (Wildman–Crippen MR) is 104 cm³/mol. The summed E-state index contributed by atoms with van der Waals surface area (Å²) in [6.07, 6.45) is 0. The second-order valence-electron chi connectivity index (χ2n) is 6.20. The number of carbonyl (C=O) groups is 1. The zero-order valence-corrected chi connectivity index (χ0v) is 16.2. The Morgan fingerprint density at radius 3 is 2.69 bits per heavy atom. The molecule has 0 saturated carbocycles. The lowest BCUT2D eigenvalue weighted by molar-refractivity contribution is -0.394. The standard InChI is InChI=1S/C15H13N13O4/c1-8(7-26-21-15(20-24-26)28(30)31)17-19-14(29)11-10(9-5-3-2-4-6-9)18-25-27(11)13-12(16)22-32-23-13/h2-6H,7H2,1H3,(H2,16,22)(H,19,29)/b17-8-. The van der Waals surface area contributed by atoms with Crippen LogP contribution in [0.2, 0.25) is 0 Å². The first kappa shape index (κ1) is 20.2. The molecule has 0 bridgehead atoms. The molecule has 0 aliphatic rings. The molecule has 3 N–H and O–H groups in total. The highest BCUT2D eigenvalue weighted by Gasteiger charge is 2.26. The average Bonchev–Trinajstić information content (AvgIpc) is 3.52. The van der Waals surface area contributed by atoms with Gasteiger partial charge in [0.25, 0.3) is 5.91 Å². The Labute approximate surface area is 177 Å². The molecule has 1 aromatic carbocycles. The van der Waals surface area contributed by atoms with Crippen molar-refractivity contribution in [2.75, 3.05) is 5.73 Å². The maximum Gasteiger partial charge on any atom is 0.514 e. The molecule has 0 atom stereocenters. The minimum atomic E-state index is -0.776. The Morgan fingerprint density at radius 2 is 2.03 bits per heavy atom. The number of nitrogens with one attached hydrogen (secondary N) is 1. The van der Waals surface area contributed by atoms with Gasteiger partial charge in [0.2, 0.25) is 11.6 Å². The highest BCUT2D eigenvalue weighted by Crippen LogP contribution is 2.24. The summed E-state index contributed by atoms with van der Waals surface area (Å²) in [5.74, 6) is -1.46. The molecule has 4 aromatic rings. The smallest absolute Gasteiger partial charge is 0.390 e. The number of hydrazone groups is 1. The van der Waals surface area contributed by atoms with Gasteiger partial charge in [-0.2, -0.15) is 9.78 Å². The summed E-state index contributed by atoms with van der Waals surface area (Å²) in [6, 6.07) is 8.84. The molecule has 0 radical (unpaired) electrons. The summed E-state index contributed by atoms with van der Waals surface area (Å²) in [7, 11) is 0. The maximum absolute atomic E-state index is 13.0. The molecule has 3 heterocycles. The minimum Gasteiger partial charge on any atom is -0.390 e. The van der Waals surface area contributed by atoms with E-state index in [1.165, 1.54) is 0 Å². The molecular weight excluding hydrogens is 426 g/mol. The van der Waals surface area contributed by atoms with E-state index in [1.54, 1.807) is 31.2 Å². The number of hydrogen-bond acceptors (Lipinski definition) is 13. The number of nitrogen functional groups attached to an aromatic ring is 1. The minimum absolute atomic E-state index is 0.0235. The molecule has 0 unspecified atom stereocenters. The van der Waals surface area contributed by atoms with Crippen molar-refractivity contribution in [1.82, 2.24) is 50.9 Å². The van der Waals surface area contributed by atoms with Crippen molar-refractivity contribution in [2.45, 2.75) is 13.5 Å². The lowest BCUT2D eigenvalue weighted by atomic mass is 10.1. The van der Waals surface area contributed by atoms with Crippen molar-refractivity contribution in [3.63, 3.8) is 0 Å². The van der Waals surface area contributed by atoms with Crippen molar-refractivity contribution in [3.05, 3.63) is 46.1 Å². The highest BCUT2D eigenvalue weighted by molar-refractivity contribution is 5.99. The van der Waals surface area contributed by atoms with Crippen molar-refractivity contribution < 1.29 is 14.3 Å². The molecule has 162 valence electrons. The van der Waals surface area contributed by atoms with E-state index in [9.17, 15) is 14.9 Å². The number of nitrogens with two attached hydrogens (primary N) is 1. The number of tetrazole rings is 1. The fourth-order valence-corrected chi connectivity index (χ4v) is 2.58. The summed E-state index contributed by atoms with van der Waals surface area (Å²) in [6.45, 7) is 1.51. The summed E-state index contributed by atoms with van der Waals surface area (Å²) < 4.78 is 5.67. The van der Waals surface area contributed by atoms with Crippen LogP contribution >= 0.6 is 0 Å². The average molecular weight is 439 g/mol. The number of aromatic nitrogens is 9. The maximum atomic E-state index is 13.0. The normalized spacial score (nSPS) is 11.5. The molecule has 0 aliphatic heterocycles. The van der Waals surface area contributed by atoms with Crippen molar-refractivity contribution in [3.8, 4) is 17.1 Å². The van der Waals surface area contributed by atoms with Crippen molar-refractivity contribution in [1.29, 1.82) is 0 Å². The van der Waals surface area contributed by atoms with Gasteiger partial charge in [-0.3, -0.25) is 4.79 Å². The van der Waals surface area contributed by atoms with E-state index in [1.807, 2.05) is 6.07 Å². The molecular formula is C15H13N13O4. The third-order valence-electron chi connectivity index (χ3n) is 3.95. The summed E-state index contributed by atoms with van der Waals surface area (Å²) in [5, 5.41) is 40.2. The number of rotatable bonds is 7. The van der Waals surface area contributed by atoms with Crippen LogP contribution in [-0.4, -0.2) is 62.1 Å². The summed E-state index contributed by atoms with van der Waals surface area (Å²) >= 11 is 0. The lowest BCUT2D eigenvalue weighted by Crippen LogP contribution is -2.24. The topological polar surface area (TPSA) is 224 Å². The van der Waals surface area contributed by atoms with Gasteiger partial charge < -0.3 is 15.8 Å². The molecule has 17 heteroatoms. The van der Waals surface area contributed by atoms with Gasteiger partial charge in [0.15, 0.2) is 5.69 Å². The molecule has 4 rings (SSSR count). The predicted octanol–water partition coefficient (Wildman–Crippen LogP) is -0.400. The third kappa shape index (κ3) is 3.97. The van der Waals surface area contributed by atoms with Crippen LogP contribution < -0.4 is 11.2 Å². The lowest BCUT2D eigenvalue weighted by Gasteiger charge is -2.05. The van der Waals surface area contributed by atoms with E-state index in [-0.39, 0.29) is 29.6 Å². The van der Waals surface area contributed by atoms with Crippen LogP contribution in [0.5, 0.6) is 0 Å². The number of nitrogens with zero attached hydrogens (tertiary/aromatic N) is 11. The first-order valence-corrected chi connectivity index (χ1v) is 8.79. The van der Waals surface area contributed by atoms with Crippen LogP contribution in [0.4, 0.5) is 11.8 Å². The van der Waals surface area contributed by atoms with Gasteiger partial charge in [-0.15, -0.1) is 5.10 Å². The second-order valence-corrected chi connectivity index (χ2v) is 6.20. The van der Waals surface area contributed by atoms with E-state index >= 15 is 0 Å². The zero-order valence-electron chi connectivity index (χ0n) is 16.2. The van der Waals surface area contributed by atoms with Crippen molar-refractivity contribution in [2.24, 2.45) is 5.10 Å². The van der Waals surface area contributed by atoms with Crippen molar-refractivity contribution >= 4 is 23.4 Å². The number of amides is 1. The molecule has 0 saturated heterocycles. The molecule has 32 heavy (non-hydrogen) atoms.